The number of rotatable bonds is 6. The van der Waals surface area contributed by atoms with Crippen LogP contribution < -0.4 is 15.0 Å². The van der Waals surface area contributed by atoms with Crippen LogP contribution in [0.3, 0.4) is 0 Å². The van der Waals surface area contributed by atoms with E-state index >= 15 is 0 Å². The van der Waals surface area contributed by atoms with Gasteiger partial charge >= 0.3 is 0 Å². The molecule has 0 aliphatic carbocycles. The van der Waals surface area contributed by atoms with Crippen molar-refractivity contribution in [2.75, 3.05) is 39.3 Å². The fourth-order valence-corrected chi connectivity index (χ4v) is 2.90. The van der Waals surface area contributed by atoms with E-state index in [1.807, 2.05) is 19.2 Å². The quantitative estimate of drug-likeness (QED) is 0.848. The van der Waals surface area contributed by atoms with E-state index in [4.69, 9.17) is 9.47 Å². The van der Waals surface area contributed by atoms with Crippen LogP contribution in [0.5, 0.6) is 5.75 Å². The van der Waals surface area contributed by atoms with Crippen molar-refractivity contribution in [3.05, 3.63) is 35.7 Å². The first-order valence-electron chi connectivity index (χ1n) is 8.31. The molecule has 0 bridgehead atoms. The molecule has 1 aromatic heterocycles. The monoisotopic (exact) mass is 357 g/mol. The number of fused-ring (bicyclic) bond motifs is 1. The Morgan fingerprint density at radius 1 is 1.38 bits per heavy atom. The zero-order valence-corrected chi connectivity index (χ0v) is 15.4. The maximum absolute atomic E-state index is 12.4. The minimum Gasteiger partial charge on any atom is -0.496 e. The van der Waals surface area contributed by atoms with Crippen molar-refractivity contribution < 1.29 is 14.3 Å². The smallest absolute Gasteiger partial charge is 0.259 e. The number of amides is 1. The number of benzene rings is 1. The summed E-state index contributed by atoms with van der Waals surface area (Å²) in [7, 11) is 7.07. The number of amidine groups is 1. The third-order valence-electron chi connectivity index (χ3n) is 4.30. The third-order valence-corrected chi connectivity index (χ3v) is 4.30. The van der Waals surface area contributed by atoms with Crippen molar-refractivity contribution in [3.63, 3.8) is 0 Å². The zero-order chi connectivity index (χ0) is 18.7. The highest BCUT2D eigenvalue weighted by atomic mass is 16.5. The number of likely N-dealkylation sites (N-methyl/N-ethyl adjacent to an activating group) is 1. The number of carbonyl (C=O) groups is 1. The first kappa shape index (κ1) is 17.9. The number of anilines is 1. The van der Waals surface area contributed by atoms with Crippen molar-refractivity contribution in [2.45, 2.75) is 6.42 Å². The molecule has 1 aromatic carbocycles. The second-order valence-corrected chi connectivity index (χ2v) is 6.12. The molecule has 3 rings (SSSR count). The van der Waals surface area contributed by atoms with Gasteiger partial charge in [0.1, 0.15) is 11.6 Å². The van der Waals surface area contributed by atoms with E-state index in [9.17, 15) is 4.79 Å². The molecule has 0 saturated carbocycles. The Morgan fingerprint density at radius 3 is 2.85 bits per heavy atom. The molecule has 2 aromatic rings. The molecule has 2 heterocycles. The van der Waals surface area contributed by atoms with Gasteiger partial charge in [0.05, 0.1) is 36.9 Å². The van der Waals surface area contributed by atoms with Crippen LogP contribution >= 0.6 is 0 Å². The molecule has 1 aliphatic heterocycles. The number of aliphatic imine (C=N–C) groups is 1. The molecule has 1 N–H and O–H groups in total. The lowest BCUT2D eigenvalue weighted by Crippen LogP contribution is -2.30. The summed E-state index contributed by atoms with van der Waals surface area (Å²) >= 11 is 0. The molecule has 1 aliphatic rings. The van der Waals surface area contributed by atoms with Gasteiger partial charge in [0.15, 0.2) is 0 Å². The number of carbonyl (C=O) groups excluding carboxylic acids is 1. The standard InChI is InChI=1S/C18H23N5O3/c1-22(7-8-25-3)14-5-6-15(26-4)13-9-16(20-17(13)14)21-18(24)12-10-19-23(2)11-12/h5-6,10-11H,7-9H2,1-4H3,(H,20,21,24). The Bertz CT molecular complexity index is 843. The van der Waals surface area contributed by atoms with E-state index in [0.717, 1.165) is 29.2 Å². The topological polar surface area (TPSA) is 81.0 Å². The predicted octanol–water partition coefficient (Wildman–Crippen LogP) is 1.53. The molecule has 0 atom stereocenters. The van der Waals surface area contributed by atoms with Crippen molar-refractivity contribution in [1.29, 1.82) is 0 Å². The fourth-order valence-electron chi connectivity index (χ4n) is 2.90. The number of methoxy groups -OCH3 is 2. The number of aromatic nitrogens is 2. The lowest BCUT2D eigenvalue weighted by atomic mass is 10.1. The first-order valence-corrected chi connectivity index (χ1v) is 8.31. The van der Waals surface area contributed by atoms with Gasteiger partial charge < -0.3 is 19.7 Å². The predicted molar refractivity (Wildman–Crippen MR) is 99.6 cm³/mol. The SMILES string of the molecule is COCCN(C)c1ccc(OC)c2c1N=C(NC(=O)c1cnn(C)c1)C2. The average molecular weight is 357 g/mol. The molecule has 1 amide bonds. The minimum absolute atomic E-state index is 0.224. The molecule has 138 valence electrons. The van der Waals surface area contributed by atoms with Crippen LogP contribution in [-0.4, -0.2) is 55.9 Å². The van der Waals surface area contributed by atoms with Crippen LogP contribution in [0.1, 0.15) is 15.9 Å². The van der Waals surface area contributed by atoms with Gasteiger partial charge in [0.2, 0.25) is 0 Å². The van der Waals surface area contributed by atoms with Crippen LogP contribution in [-0.2, 0) is 18.2 Å². The van der Waals surface area contributed by atoms with E-state index in [-0.39, 0.29) is 5.91 Å². The fraction of sp³-hybridized carbons (Fsp3) is 0.389. The molecule has 0 radical (unpaired) electrons. The van der Waals surface area contributed by atoms with E-state index < -0.39 is 0 Å². The Labute approximate surface area is 152 Å². The largest absolute Gasteiger partial charge is 0.496 e. The number of aryl methyl sites for hydroxylation is 1. The van der Waals surface area contributed by atoms with E-state index in [1.54, 1.807) is 32.1 Å². The van der Waals surface area contributed by atoms with E-state index in [1.165, 1.54) is 6.20 Å². The lowest BCUT2D eigenvalue weighted by Gasteiger charge is -2.21. The molecule has 26 heavy (non-hydrogen) atoms. The average Bonchev–Trinajstić information content (AvgIpc) is 3.24. The molecule has 0 fully saturated rings. The van der Waals surface area contributed by atoms with Crippen LogP contribution in [0, 0.1) is 0 Å². The number of nitrogens with zero attached hydrogens (tertiary/aromatic N) is 4. The third kappa shape index (κ3) is 3.55. The van der Waals surface area contributed by atoms with Crippen LogP contribution in [0.25, 0.3) is 0 Å². The van der Waals surface area contributed by atoms with Gasteiger partial charge in [-0.05, 0) is 12.1 Å². The van der Waals surface area contributed by atoms with E-state index in [2.05, 4.69) is 20.3 Å². The summed E-state index contributed by atoms with van der Waals surface area (Å²) in [6.45, 7) is 1.35. The van der Waals surface area contributed by atoms with Crippen molar-refractivity contribution in [1.82, 2.24) is 15.1 Å². The molecule has 8 nitrogen and oxygen atoms in total. The second kappa shape index (κ2) is 7.57. The van der Waals surface area contributed by atoms with Gasteiger partial charge in [0.25, 0.3) is 5.91 Å². The van der Waals surface area contributed by atoms with Crippen molar-refractivity contribution >= 4 is 23.1 Å². The van der Waals surface area contributed by atoms with Gasteiger partial charge in [0, 0.05) is 45.9 Å². The van der Waals surface area contributed by atoms with Gasteiger partial charge in [-0.1, -0.05) is 0 Å². The molecule has 8 heteroatoms. The molecular formula is C18H23N5O3. The minimum atomic E-state index is -0.224. The summed E-state index contributed by atoms with van der Waals surface area (Å²) in [5.74, 6) is 1.14. The second-order valence-electron chi connectivity index (χ2n) is 6.12. The summed E-state index contributed by atoms with van der Waals surface area (Å²) in [5.41, 5.74) is 3.26. The summed E-state index contributed by atoms with van der Waals surface area (Å²) < 4.78 is 12.2. The number of ether oxygens (including phenoxy) is 2. The van der Waals surface area contributed by atoms with Crippen molar-refractivity contribution in [3.8, 4) is 5.75 Å². The van der Waals surface area contributed by atoms with Crippen molar-refractivity contribution in [2.24, 2.45) is 12.0 Å². The normalized spacial score (nSPS) is 12.5. The lowest BCUT2D eigenvalue weighted by molar-refractivity contribution is 0.0976. The number of hydrogen-bond acceptors (Lipinski definition) is 6. The highest BCUT2D eigenvalue weighted by Gasteiger charge is 2.25. The van der Waals surface area contributed by atoms with Crippen LogP contribution in [0.4, 0.5) is 11.4 Å². The van der Waals surface area contributed by atoms with Gasteiger partial charge in [-0.2, -0.15) is 5.10 Å². The molecule has 0 saturated heterocycles. The number of nitrogens with one attached hydrogen (secondary N) is 1. The van der Waals surface area contributed by atoms with Gasteiger partial charge in [-0.15, -0.1) is 0 Å². The Morgan fingerprint density at radius 2 is 2.19 bits per heavy atom. The Balaban J connectivity index is 1.85. The highest BCUT2D eigenvalue weighted by molar-refractivity contribution is 6.09. The molecule has 0 spiro atoms. The van der Waals surface area contributed by atoms with Gasteiger partial charge in [-0.25, -0.2) is 4.99 Å². The Kier molecular flexibility index (Phi) is 5.22. The first-order chi connectivity index (χ1) is 12.5. The maximum Gasteiger partial charge on any atom is 0.259 e. The molecule has 0 unspecified atom stereocenters. The molecular weight excluding hydrogens is 334 g/mol. The summed E-state index contributed by atoms with van der Waals surface area (Å²) in [5, 5.41) is 6.90. The highest BCUT2D eigenvalue weighted by Crippen LogP contribution is 2.41. The maximum atomic E-state index is 12.4. The number of hydrogen-bond donors (Lipinski definition) is 1. The van der Waals surface area contributed by atoms with Gasteiger partial charge in [-0.3, -0.25) is 9.48 Å². The van der Waals surface area contributed by atoms with Crippen LogP contribution in [0.2, 0.25) is 0 Å². The zero-order valence-electron chi connectivity index (χ0n) is 15.4. The van der Waals surface area contributed by atoms with E-state index in [0.29, 0.717) is 24.4 Å². The Hall–Kier alpha value is -2.87. The summed E-state index contributed by atoms with van der Waals surface area (Å²) in [6, 6.07) is 3.90. The summed E-state index contributed by atoms with van der Waals surface area (Å²) in [4.78, 5) is 19.1. The van der Waals surface area contributed by atoms with Crippen LogP contribution in [0.15, 0.2) is 29.5 Å². The summed E-state index contributed by atoms with van der Waals surface area (Å²) in [6.07, 6.45) is 3.71.